The maximum absolute atomic E-state index is 11.9. The molecule has 1 aromatic heterocycles. The van der Waals surface area contributed by atoms with Crippen molar-refractivity contribution >= 4 is 37.5 Å². The van der Waals surface area contributed by atoms with Gasteiger partial charge in [0.15, 0.2) is 0 Å². The van der Waals surface area contributed by atoms with Gasteiger partial charge in [0, 0.05) is 6.54 Å². The lowest BCUT2D eigenvalue weighted by molar-refractivity contribution is -0.136. The van der Waals surface area contributed by atoms with E-state index in [1.807, 2.05) is 6.92 Å². The van der Waals surface area contributed by atoms with Gasteiger partial charge in [-0.2, -0.15) is 0 Å². The maximum atomic E-state index is 11.9. The number of aliphatic carboxylic acids is 1. The minimum Gasteiger partial charge on any atom is -0.481 e. The first-order valence-electron chi connectivity index (χ1n) is 5.47. The van der Waals surface area contributed by atoms with Crippen LogP contribution in [0.5, 0.6) is 0 Å². The highest BCUT2D eigenvalue weighted by molar-refractivity contribution is 7.89. The Hall–Kier alpha value is -1.51. The highest BCUT2D eigenvalue weighted by Crippen LogP contribution is 2.24. The first-order valence-corrected chi connectivity index (χ1v) is 7.77. The Kier molecular flexibility index (Phi) is 3.83. The maximum Gasteiger partial charge on any atom is 0.304 e. The van der Waals surface area contributed by atoms with Crippen molar-refractivity contribution in [2.75, 3.05) is 6.54 Å². The van der Waals surface area contributed by atoms with Gasteiger partial charge in [0.25, 0.3) is 0 Å². The highest BCUT2D eigenvalue weighted by atomic mass is 32.2. The van der Waals surface area contributed by atoms with Crippen molar-refractivity contribution in [1.29, 1.82) is 0 Å². The second kappa shape index (κ2) is 5.24. The molecule has 0 aliphatic rings. The third-order valence-corrected chi connectivity index (χ3v) is 4.80. The molecular weight excluding hydrogens is 288 g/mol. The largest absolute Gasteiger partial charge is 0.481 e. The summed E-state index contributed by atoms with van der Waals surface area (Å²) < 4.78 is 26.9. The lowest BCUT2D eigenvalue weighted by atomic mass is 10.3. The van der Waals surface area contributed by atoms with E-state index in [4.69, 9.17) is 5.11 Å². The van der Waals surface area contributed by atoms with Gasteiger partial charge in [-0.25, -0.2) is 18.1 Å². The molecule has 2 rings (SSSR count). The minimum absolute atomic E-state index is 0.119. The number of carbonyl (C=O) groups is 1. The number of carboxylic acid groups (broad SMARTS) is 1. The Balaban J connectivity index is 2.24. The minimum atomic E-state index is -3.67. The monoisotopic (exact) mass is 300 g/mol. The summed E-state index contributed by atoms with van der Waals surface area (Å²) in [4.78, 5) is 14.7. The number of sulfonamides is 1. The molecule has 8 heteroatoms. The number of nitrogens with zero attached hydrogens (tertiary/aromatic N) is 1. The molecule has 0 unspecified atom stereocenters. The molecule has 0 saturated heterocycles. The number of aromatic nitrogens is 1. The average molecular weight is 300 g/mol. The van der Waals surface area contributed by atoms with Crippen LogP contribution in [-0.4, -0.2) is 31.0 Å². The summed E-state index contributed by atoms with van der Waals surface area (Å²) in [5, 5.41) is 9.35. The van der Waals surface area contributed by atoms with Crippen LogP contribution >= 0.6 is 11.3 Å². The summed E-state index contributed by atoms with van der Waals surface area (Å²) in [7, 11) is -3.67. The van der Waals surface area contributed by atoms with E-state index < -0.39 is 16.0 Å². The van der Waals surface area contributed by atoms with E-state index >= 15 is 0 Å². The number of rotatable bonds is 5. The zero-order valence-electron chi connectivity index (χ0n) is 10.1. The van der Waals surface area contributed by atoms with Crippen LogP contribution in [0.3, 0.4) is 0 Å². The second-order valence-electron chi connectivity index (χ2n) is 3.90. The van der Waals surface area contributed by atoms with E-state index in [9.17, 15) is 13.2 Å². The van der Waals surface area contributed by atoms with E-state index in [0.29, 0.717) is 0 Å². The lowest BCUT2D eigenvalue weighted by Crippen LogP contribution is -2.26. The van der Waals surface area contributed by atoms with Gasteiger partial charge in [-0.1, -0.05) is 0 Å². The lowest BCUT2D eigenvalue weighted by Gasteiger charge is -2.05. The van der Waals surface area contributed by atoms with Crippen LogP contribution in [0.4, 0.5) is 0 Å². The molecule has 2 N–H and O–H groups in total. The smallest absolute Gasteiger partial charge is 0.304 e. The second-order valence-corrected chi connectivity index (χ2v) is 6.91. The molecule has 102 valence electrons. The van der Waals surface area contributed by atoms with Gasteiger partial charge in [0.2, 0.25) is 10.0 Å². The summed E-state index contributed by atoms with van der Waals surface area (Å²) in [6.45, 7) is 1.72. The Morgan fingerprint density at radius 2 is 2.21 bits per heavy atom. The van der Waals surface area contributed by atoms with Gasteiger partial charge in [-0.15, -0.1) is 11.3 Å². The molecule has 0 aliphatic carbocycles. The molecule has 0 saturated carbocycles. The number of benzene rings is 1. The molecule has 0 aliphatic heterocycles. The van der Waals surface area contributed by atoms with Crippen LogP contribution in [0, 0.1) is 6.92 Å². The summed E-state index contributed by atoms with van der Waals surface area (Å²) >= 11 is 1.41. The van der Waals surface area contributed by atoms with Crippen molar-refractivity contribution in [3.63, 3.8) is 0 Å². The van der Waals surface area contributed by atoms with Gasteiger partial charge in [0.05, 0.1) is 26.5 Å². The SMILES string of the molecule is Cc1nc2ccc(S(=O)(=O)NCCC(=O)O)cc2s1. The van der Waals surface area contributed by atoms with Crippen LogP contribution in [0.15, 0.2) is 23.1 Å². The third kappa shape index (κ3) is 3.28. The van der Waals surface area contributed by atoms with Crippen LogP contribution in [0.1, 0.15) is 11.4 Å². The predicted octanol–water partition coefficient (Wildman–Crippen LogP) is 1.36. The summed E-state index contributed by atoms with van der Waals surface area (Å²) in [5.41, 5.74) is 0.756. The topological polar surface area (TPSA) is 96.4 Å². The molecule has 6 nitrogen and oxygen atoms in total. The fourth-order valence-corrected chi connectivity index (χ4v) is 3.56. The van der Waals surface area contributed by atoms with Crippen LogP contribution in [0.25, 0.3) is 10.2 Å². The number of fused-ring (bicyclic) bond motifs is 1. The number of aryl methyl sites for hydroxylation is 1. The van der Waals surface area contributed by atoms with E-state index in [2.05, 4.69) is 9.71 Å². The predicted molar refractivity (Wildman–Crippen MR) is 71.8 cm³/mol. The van der Waals surface area contributed by atoms with Gasteiger partial charge in [-0.05, 0) is 25.1 Å². The number of hydrogen-bond acceptors (Lipinski definition) is 5. The van der Waals surface area contributed by atoms with Crippen molar-refractivity contribution in [2.24, 2.45) is 0 Å². The Labute approximate surface area is 114 Å². The summed E-state index contributed by atoms with van der Waals surface area (Å²) in [6, 6.07) is 4.65. The zero-order valence-corrected chi connectivity index (χ0v) is 11.7. The highest BCUT2D eigenvalue weighted by Gasteiger charge is 2.15. The van der Waals surface area contributed by atoms with E-state index in [-0.39, 0.29) is 17.9 Å². The van der Waals surface area contributed by atoms with Gasteiger partial charge < -0.3 is 5.11 Å². The first-order chi connectivity index (χ1) is 8.88. The summed E-state index contributed by atoms with van der Waals surface area (Å²) in [6.07, 6.45) is -0.249. The van der Waals surface area contributed by atoms with Crippen molar-refractivity contribution in [1.82, 2.24) is 9.71 Å². The molecule has 0 spiro atoms. The molecule has 1 aromatic carbocycles. The molecule has 0 atom stereocenters. The molecule has 2 aromatic rings. The normalized spacial score (nSPS) is 11.8. The average Bonchev–Trinajstić information content (AvgIpc) is 2.67. The standard InChI is InChI=1S/C11H12N2O4S2/c1-7-13-9-3-2-8(6-10(9)18-7)19(16,17)12-5-4-11(14)15/h2-3,6,12H,4-5H2,1H3,(H,14,15). The van der Waals surface area contributed by atoms with Crippen molar-refractivity contribution in [3.8, 4) is 0 Å². The van der Waals surface area contributed by atoms with Gasteiger partial charge in [-0.3, -0.25) is 4.79 Å². The Morgan fingerprint density at radius 3 is 2.89 bits per heavy atom. The fraction of sp³-hybridized carbons (Fsp3) is 0.273. The molecular formula is C11H12N2O4S2. The Bertz CT molecular complexity index is 721. The van der Waals surface area contributed by atoms with Crippen LogP contribution in [-0.2, 0) is 14.8 Å². The molecule has 19 heavy (non-hydrogen) atoms. The zero-order chi connectivity index (χ0) is 14.0. The van der Waals surface area contributed by atoms with Crippen molar-refractivity contribution in [2.45, 2.75) is 18.2 Å². The van der Waals surface area contributed by atoms with Crippen LogP contribution in [0.2, 0.25) is 0 Å². The van der Waals surface area contributed by atoms with Crippen molar-refractivity contribution in [3.05, 3.63) is 23.2 Å². The molecule has 0 amide bonds. The number of nitrogens with one attached hydrogen (secondary N) is 1. The quantitative estimate of drug-likeness (QED) is 0.869. The molecule has 0 fully saturated rings. The fourth-order valence-electron chi connectivity index (χ4n) is 1.56. The van der Waals surface area contributed by atoms with E-state index in [1.165, 1.54) is 17.4 Å². The van der Waals surface area contributed by atoms with Gasteiger partial charge >= 0.3 is 5.97 Å². The molecule has 0 bridgehead atoms. The van der Waals surface area contributed by atoms with E-state index in [1.54, 1.807) is 12.1 Å². The third-order valence-electron chi connectivity index (χ3n) is 2.41. The molecule has 0 radical (unpaired) electrons. The Morgan fingerprint density at radius 1 is 1.47 bits per heavy atom. The number of thiazole rings is 1. The first kappa shape index (κ1) is 13.9. The summed E-state index contributed by atoms with van der Waals surface area (Å²) in [5.74, 6) is -1.05. The van der Waals surface area contributed by atoms with Gasteiger partial charge in [0.1, 0.15) is 0 Å². The molecule has 1 heterocycles. The van der Waals surface area contributed by atoms with Crippen LogP contribution < -0.4 is 4.72 Å². The van der Waals surface area contributed by atoms with E-state index in [0.717, 1.165) is 15.2 Å². The van der Waals surface area contributed by atoms with Crippen molar-refractivity contribution < 1.29 is 18.3 Å². The number of hydrogen-bond donors (Lipinski definition) is 2. The number of carboxylic acids is 1.